The number of anilines is 1. The fraction of sp³-hybridized carbons (Fsp3) is 0.0769. The molecule has 0 saturated carbocycles. The number of halogens is 2. The molecule has 2 rings (SSSR count). The summed E-state index contributed by atoms with van der Waals surface area (Å²) >= 11 is 7.92. The number of carboxylic acids is 1. The van der Waals surface area contributed by atoms with Crippen LogP contribution in [0.25, 0.3) is 0 Å². The number of thiophene rings is 1. The van der Waals surface area contributed by atoms with E-state index in [0.717, 1.165) is 9.35 Å². The minimum absolute atomic E-state index is 0.109. The highest BCUT2D eigenvalue weighted by Gasteiger charge is 2.13. The molecule has 0 atom stereocenters. The number of nitrogens with one attached hydrogen (secondary N) is 1. The van der Waals surface area contributed by atoms with Crippen molar-refractivity contribution in [1.82, 2.24) is 0 Å². The highest BCUT2D eigenvalue weighted by atomic mass is 79.9. The lowest BCUT2D eigenvalue weighted by atomic mass is 10.2. The van der Waals surface area contributed by atoms with Crippen molar-refractivity contribution in [3.63, 3.8) is 0 Å². The number of carbonyl (C=O) groups is 2. The third-order valence-corrected chi connectivity index (χ3v) is 5.08. The predicted molar refractivity (Wildman–Crippen MR) is 85.8 cm³/mol. The largest absolute Gasteiger partial charge is 0.478 e. The monoisotopic (exact) mass is 417 g/mol. The summed E-state index contributed by atoms with van der Waals surface area (Å²) in [6, 6.07) is 6.32. The van der Waals surface area contributed by atoms with Gasteiger partial charge in [0.25, 0.3) is 5.91 Å². The van der Waals surface area contributed by atoms with Gasteiger partial charge in [-0.3, -0.25) is 4.79 Å². The number of benzene rings is 1. The topological polar surface area (TPSA) is 66.4 Å². The molecule has 0 aliphatic carbocycles. The first-order chi connectivity index (χ1) is 9.36. The van der Waals surface area contributed by atoms with Gasteiger partial charge in [-0.2, -0.15) is 0 Å². The zero-order valence-electron chi connectivity index (χ0n) is 10.2. The number of carbonyl (C=O) groups excluding carboxylic acids is 1. The first kappa shape index (κ1) is 15.2. The molecule has 1 aromatic carbocycles. The van der Waals surface area contributed by atoms with Crippen LogP contribution in [0.15, 0.2) is 32.5 Å². The molecule has 0 aliphatic rings. The van der Waals surface area contributed by atoms with Gasteiger partial charge >= 0.3 is 5.97 Å². The zero-order valence-corrected chi connectivity index (χ0v) is 14.2. The quantitative estimate of drug-likeness (QED) is 0.769. The lowest BCUT2D eigenvalue weighted by Gasteiger charge is -2.05. The first-order valence-electron chi connectivity index (χ1n) is 5.48. The normalized spacial score (nSPS) is 10.3. The maximum absolute atomic E-state index is 12.1. The number of hydrogen-bond donors (Lipinski definition) is 2. The van der Waals surface area contributed by atoms with Gasteiger partial charge in [0.1, 0.15) is 0 Å². The highest BCUT2D eigenvalue weighted by molar-refractivity contribution is 9.11. The summed E-state index contributed by atoms with van der Waals surface area (Å²) in [5, 5.41) is 11.7. The second-order valence-electron chi connectivity index (χ2n) is 4.06. The maximum Gasteiger partial charge on any atom is 0.335 e. The molecule has 0 unspecified atom stereocenters. The summed E-state index contributed by atoms with van der Waals surface area (Å²) in [4.78, 5) is 23.6. The summed E-state index contributed by atoms with van der Waals surface area (Å²) in [6.07, 6.45) is 0. The van der Waals surface area contributed by atoms with E-state index < -0.39 is 5.97 Å². The molecular formula is C13H9Br2NO3S. The molecule has 0 bridgehead atoms. The lowest BCUT2D eigenvalue weighted by Crippen LogP contribution is -2.11. The van der Waals surface area contributed by atoms with Gasteiger partial charge in [-0.05, 0) is 52.7 Å². The molecule has 0 saturated heterocycles. The Kier molecular flexibility index (Phi) is 4.62. The van der Waals surface area contributed by atoms with Crippen LogP contribution in [0.4, 0.5) is 5.69 Å². The molecule has 1 amide bonds. The summed E-state index contributed by atoms with van der Waals surface area (Å²) < 4.78 is 1.50. The van der Waals surface area contributed by atoms with Crippen LogP contribution in [-0.2, 0) is 0 Å². The molecule has 20 heavy (non-hydrogen) atoms. The van der Waals surface area contributed by atoms with E-state index in [1.165, 1.54) is 23.5 Å². The summed E-state index contributed by atoms with van der Waals surface area (Å²) in [6.45, 7) is 1.90. The van der Waals surface area contributed by atoms with E-state index in [4.69, 9.17) is 5.11 Å². The Morgan fingerprint density at radius 1 is 1.20 bits per heavy atom. The number of rotatable bonds is 3. The zero-order chi connectivity index (χ0) is 14.9. The third-order valence-electron chi connectivity index (χ3n) is 2.48. The molecule has 0 aliphatic heterocycles. The summed E-state index contributed by atoms with van der Waals surface area (Å²) in [5.74, 6) is -1.31. The van der Waals surface area contributed by atoms with Crippen molar-refractivity contribution in [3.05, 3.63) is 48.5 Å². The van der Waals surface area contributed by atoms with Crippen molar-refractivity contribution in [1.29, 1.82) is 0 Å². The summed E-state index contributed by atoms with van der Waals surface area (Å²) in [7, 11) is 0. The van der Waals surface area contributed by atoms with E-state index in [1.54, 1.807) is 12.1 Å². The minimum atomic E-state index is -1.04. The standard InChI is InChI=1S/C13H9Br2NO3S/c1-6-2-10(20-11(6)15)12(17)16-9-4-7(13(18)19)3-8(14)5-9/h2-5H,1H3,(H,16,17)(H,18,19). The van der Waals surface area contributed by atoms with Crippen LogP contribution in [0.3, 0.4) is 0 Å². The molecule has 0 fully saturated rings. The first-order valence-corrected chi connectivity index (χ1v) is 7.88. The SMILES string of the molecule is Cc1cc(C(=O)Nc2cc(Br)cc(C(=O)O)c2)sc1Br. The van der Waals surface area contributed by atoms with Gasteiger partial charge in [0.2, 0.25) is 0 Å². The average molecular weight is 419 g/mol. The number of aryl methyl sites for hydroxylation is 1. The number of carboxylic acid groups (broad SMARTS) is 1. The second-order valence-corrected chi connectivity index (χ2v) is 7.34. The second kappa shape index (κ2) is 6.07. The molecular weight excluding hydrogens is 410 g/mol. The predicted octanol–water partition coefficient (Wildman–Crippen LogP) is 4.53. The fourth-order valence-electron chi connectivity index (χ4n) is 1.55. The molecule has 2 N–H and O–H groups in total. The highest BCUT2D eigenvalue weighted by Crippen LogP contribution is 2.28. The minimum Gasteiger partial charge on any atom is -0.478 e. The molecule has 0 spiro atoms. The van der Waals surface area contributed by atoms with Gasteiger partial charge in [0.05, 0.1) is 14.2 Å². The smallest absolute Gasteiger partial charge is 0.335 e. The van der Waals surface area contributed by atoms with E-state index in [0.29, 0.717) is 15.0 Å². The Morgan fingerprint density at radius 2 is 1.90 bits per heavy atom. The van der Waals surface area contributed by atoms with Gasteiger partial charge in [-0.15, -0.1) is 11.3 Å². The van der Waals surface area contributed by atoms with Crippen LogP contribution >= 0.6 is 43.2 Å². The van der Waals surface area contributed by atoms with Gasteiger partial charge in [-0.25, -0.2) is 4.79 Å². The fourth-order valence-corrected chi connectivity index (χ4v) is 3.47. The van der Waals surface area contributed by atoms with E-state index in [2.05, 4.69) is 37.2 Å². The van der Waals surface area contributed by atoms with Crippen molar-refractivity contribution < 1.29 is 14.7 Å². The third kappa shape index (κ3) is 3.47. The molecule has 1 aromatic heterocycles. The van der Waals surface area contributed by atoms with E-state index in [-0.39, 0.29) is 11.5 Å². The Labute approximate surface area is 136 Å². The van der Waals surface area contributed by atoms with Crippen molar-refractivity contribution in [2.24, 2.45) is 0 Å². The van der Waals surface area contributed by atoms with Crippen LogP contribution in [0.2, 0.25) is 0 Å². The molecule has 104 valence electrons. The average Bonchev–Trinajstić information content (AvgIpc) is 2.69. The molecule has 4 nitrogen and oxygen atoms in total. The lowest BCUT2D eigenvalue weighted by molar-refractivity contribution is 0.0696. The molecule has 1 heterocycles. The van der Waals surface area contributed by atoms with Crippen LogP contribution < -0.4 is 5.32 Å². The van der Waals surface area contributed by atoms with Crippen molar-refractivity contribution in [3.8, 4) is 0 Å². The van der Waals surface area contributed by atoms with Crippen molar-refractivity contribution >= 4 is 60.8 Å². The van der Waals surface area contributed by atoms with Gasteiger partial charge in [0.15, 0.2) is 0 Å². The Hall–Kier alpha value is -1.18. The number of hydrogen-bond acceptors (Lipinski definition) is 3. The summed E-state index contributed by atoms with van der Waals surface area (Å²) in [5.41, 5.74) is 1.53. The number of amides is 1. The van der Waals surface area contributed by atoms with E-state index >= 15 is 0 Å². The maximum atomic E-state index is 12.1. The Balaban J connectivity index is 2.25. The van der Waals surface area contributed by atoms with Crippen LogP contribution in [0.1, 0.15) is 25.6 Å². The van der Waals surface area contributed by atoms with Gasteiger partial charge in [0, 0.05) is 10.2 Å². The van der Waals surface area contributed by atoms with Crippen molar-refractivity contribution in [2.45, 2.75) is 6.92 Å². The van der Waals surface area contributed by atoms with Gasteiger partial charge in [-0.1, -0.05) is 15.9 Å². The van der Waals surface area contributed by atoms with Gasteiger partial charge < -0.3 is 10.4 Å². The molecule has 7 heteroatoms. The van der Waals surface area contributed by atoms with Crippen molar-refractivity contribution in [2.75, 3.05) is 5.32 Å². The molecule has 0 radical (unpaired) electrons. The Bertz CT molecular complexity index is 677. The Morgan fingerprint density at radius 3 is 2.45 bits per heavy atom. The molecule has 2 aromatic rings. The number of aromatic carboxylic acids is 1. The van der Waals surface area contributed by atoms with Crippen LogP contribution in [0, 0.1) is 6.92 Å². The van der Waals surface area contributed by atoms with Crippen LogP contribution in [0.5, 0.6) is 0 Å². The van der Waals surface area contributed by atoms with E-state index in [9.17, 15) is 9.59 Å². The van der Waals surface area contributed by atoms with E-state index in [1.807, 2.05) is 6.92 Å². The van der Waals surface area contributed by atoms with Crippen LogP contribution in [-0.4, -0.2) is 17.0 Å².